The fourth-order valence-electron chi connectivity index (χ4n) is 1.90. The van der Waals surface area contributed by atoms with E-state index in [0.29, 0.717) is 5.56 Å². The first kappa shape index (κ1) is 13.7. The summed E-state index contributed by atoms with van der Waals surface area (Å²) in [5.41, 5.74) is 8.54. The van der Waals surface area contributed by atoms with Crippen molar-refractivity contribution in [2.24, 2.45) is 0 Å². The molecule has 0 saturated carbocycles. The molecule has 2 aromatic rings. The number of carbonyl (C=O) groups excluding carboxylic acids is 1. The van der Waals surface area contributed by atoms with Crippen LogP contribution in [0.1, 0.15) is 27.0 Å². The molecule has 0 aromatic heterocycles. The molecule has 2 rings (SSSR count). The van der Waals surface area contributed by atoms with Gasteiger partial charge in [-0.3, -0.25) is 4.79 Å². The van der Waals surface area contributed by atoms with Crippen molar-refractivity contribution in [1.82, 2.24) is 0 Å². The lowest BCUT2D eigenvalue weighted by atomic mass is 9.96. The Labute approximate surface area is 119 Å². The van der Waals surface area contributed by atoms with Crippen molar-refractivity contribution in [3.8, 4) is 0 Å². The summed E-state index contributed by atoms with van der Waals surface area (Å²) in [6, 6.07) is 7.48. The summed E-state index contributed by atoms with van der Waals surface area (Å²) in [6.45, 7) is 3.74. The van der Waals surface area contributed by atoms with Gasteiger partial charge in [0.2, 0.25) is 0 Å². The second kappa shape index (κ2) is 5.13. The number of nitrogens with two attached hydrogens (primary N) is 1. The molecule has 0 saturated heterocycles. The lowest BCUT2D eigenvalue weighted by Crippen LogP contribution is -2.08. The molecule has 0 atom stereocenters. The molecule has 0 heterocycles. The van der Waals surface area contributed by atoms with Gasteiger partial charge in [0, 0.05) is 21.3 Å². The SMILES string of the molecule is Cc1cc(C(=O)c2cc(F)ccc2N)c(C)cc1Br. The van der Waals surface area contributed by atoms with Gasteiger partial charge in [-0.1, -0.05) is 15.9 Å². The number of anilines is 1. The monoisotopic (exact) mass is 321 g/mol. The van der Waals surface area contributed by atoms with Gasteiger partial charge in [0.15, 0.2) is 5.78 Å². The first-order valence-electron chi connectivity index (χ1n) is 5.76. The van der Waals surface area contributed by atoms with E-state index in [1.807, 2.05) is 19.9 Å². The predicted octanol–water partition coefficient (Wildman–Crippen LogP) is 4.02. The third kappa shape index (κ3) is 2.68. The van der Waals surface area contributed by atoms with Crippen LogP contribution in [0.5, 0.6) is 0 Å². The normalized spacial score (nSPS) is 10.5. The zero-order valence-electron chi connectivity index (χ0n) is 10.6. The molecule has 0 aliphatic carbocycles. The summed E-state index contributed by atoms with van der Waals surface area (Å²) in [7, 11) is 0. The molecular weight excluding hydrogens is 309 g/mol. The molecule has 19 heavy (non-hydrogen) atoms. The van der Waals surface area contributed by atoms with E-state index < -0.39 is 5.82 Å². The summed E-state index contributed by atoms with van der Waals surface area (Å²) >= 11 is 3.42. The number of hydrogen-bond acceptors (Lipinski definition) is 2. The molecule has 98 valence electrons. The highest BCUT2D eigenvalue weighted by molar-refractivity contribution is 9.10. The molecule has 0 aliphatic rings. The molecular formula is C15H13BrFNO. The summed E-state index contributed by atoms with van der Waals surface area (Å²) < 4.78 is 14.2. The van der Waals surface area contributed by atoms with E-state index in [9.17, 15) is 9.18 Å². The molecule has 0 fully saturated rings. The second-order valence-corrected chi connectivity index (χ2v) is 5.33. The Kier molecular flexibility index (Phi) is 3.71. The highest BCUT2D eigenvalue weighted by Gasteiger charge is 2.16. The number of benzene rings is 2. The maximum absolute atomic E-state index is 13.3. The second-order valence-electron chi connectivity index (χ2n) is 4.48. The molecule has 0 radical (unpaired) electrons. The van der Waals surface area contributed by atoms with Gasteiger partial charge in [0.25, 0.3) is 0 Å². The van der Waals surface area contributed by atoms with E-state index in [1.165, 1.54) is 18.2 Å². The number of nitrogen functional groups attached to an aromatic ring is 1. The van der Waals surface area contributed by atoms with Crippen molar-refractivity contribution in [2.75, 3.05) is 5.73 Å². The van der Waals surface area contributed by atoms with Crippen LogP contribution in [0.15, 0.2) is 34.8 Å². The van der Waals surface area contributed by atoms with Crippen molar-refractivity contribution in [2.45, 2.75) is 13.8 Å². The minimum atomic E-state index is -0.468. The van der Waals surface area contributed by atoms with Crippen LogP contribution in [-0.2, 0) is 0 Å². The van der Waals surface area contributed by atoms with Crippen LogP contribution >= 0.6 is 15.9 Å². The van der Waals surface area contributed by atoms with E-state index in [2.05, 4.69) is 15.9 Å². The Bertz CT molecular complexity index is 667. The molecule has 2 N–H and O–H groups in total. The first-order chi connectivity index (χ1) is 8.90. The van der Waals surface area contributed by atoms with Crippen molar-refractivity contribution in [3.63, 3.8) is 0 Å². The van der Waals surface area contributed by atoms with Crippen LogP contribution in [0.25, 0.3) is 0 Å². The molecule has 0 amide bonds. The Morgan fingerprint density at radius 1 is 1.11 bits per heavy atom. The van der Waals surface area contributed by atoms with Gasteiger partial charge in [0.1, 0.15) is 5.82 Å². The third-order valence-corrected chi connectivity index (χ3v) is 3.86. The van der Waals surface area contributed by atoms with Gasteiger partial charge in [-0.15, -0.1) is 0 Å². The van der Waals surface area contributed by atoms with Crippen LogP contribution < -0.4 is 5.73 Å². The number of hydrogen-bond donors (Lipinski definition) is 1. The summed E-state index contributed by atoms with van der Waals surface area (Å²) in [5, 5.41) is 0. The third-order valence-electron chi connectivity index (χ3n) is 3.01. The summed E-state index contributed by atoms with van der Waals surface area (Å²) in [4.78, 5) is 12.4. The topological polar surface area (TPSA) is 43.1 Å². The van der Waals surface area contributed by atoms with Gasteiger partial charge in [-0.25, -0.2) is 4.39 Å². The van der Waals surface area contributed by atoms with Crippen LogP contribution in [0, 0.1) is 19.7 Å². The molecule has 0 aliphatic heterocycles. The smallest absolute Gasteiger partial charge is 0.195 e. The quantitative estimate of drug-likeness (QED) is 0.670. The molecule has 0 spiro atoms. The first-order valence-corrected chi connectivity index (χ1v) is 6.56. The van der Waals surface area contributed by atoms with Gasteiger partial charge < -0.3 is 5.73 Å². The average Bonchev–Trinajstić information content (AvgIpc) is 2.36. The van der Waals surface area contributed by atoms with E-state index in [1.54, 1.807) is 6.07 Å². The van der Waals surface area contributed by atoms with Crippen LogP contribution in [0.4, 0.5) is 10.1 Å². The average molecular weight is 322 g/mol. The Balaban J connectivity index is 2.56. The number of halogens is 2. The lowest BCUT2D eigenvalue weighted by Gasteiger charge is -2.10. The van der Waals surface area contributed by atoms with Crippen molar-refractivity contribution in [1.29, 1.82) is 0 Å². The molecule has 0 bridgehead atoms. The van der Waals surface area contributed by atoms with E-state index >= 15 is 0 Å². The maximum atomic E-state index is 13.3. The minimum Gasteiger partial charge on any atom is -0.398 e. The van der Waals surface area contributed by atoms with Crippen LogP contribution in [0.3, 0.4) is 0 Å². The van der Waals surface area contributed by atoms with E-state index in [4.69, 9.17) is 5.73 Å². The molecule has 2 nitrogen and oxygen atoms in total. The number of carbonyl (C=O) groups is 1. The largest absolute Gasteiger partial charge is 0.398 e. The number of ketones is 1. The fourth-order valence-corrected chi connectivity index (χ4v) is 2.35. The van der Waals surface area contributed by atoms with Gasteiger partial charge in [0.05, 0.1) is 0 Å². The van der Waals surface area contributed by atoms with E-state index in [-0.39, 0.29) is 17.0 Å². The minimum absolute atomic E-state index is 0.199. The molecule has 2 aromatic carbocycles. The Morgan fingerprint density at radius 3 is 2.47 bits per heavy atom. The zero-order valence-corrected chi connectivity index (χ0v) is 12.2. The number of rotatable bonds is 2. The van der Waals surface area contributed by atoms with Gasteiger partial charge in [-0.2, -0.15) is 0 Å². The van der Waals surface area contributed by atoms with E-state index in [0.717, 1.165) is 15.6 Å². The molecule has 0 unspecified atom stereocenters. The van der Waals surface area contributed by atoms with Crippen molar-refractivity contribution >= 4 is 27.4 Å². The predicted molar refractivity (Wildman–Crippen MR) is 77.9 cm³/mol. The fraction of sp³-hybridized carbons (Fsp3) is 0.133. The summed E-state index contributed by atoms with van der Waals surface area (Å²) in [5.74, 6) is -0.728. The van der Waals surface area contributed by atoms with Gasteiger partial charge >= 0.3 is 0 Å². The van der Waals surface area contributed by atoms with Crippen LogP contribution in [-0.4, -0.2) is 5.78 Å². The highest BCUT2D eigenvalue weighted by atomic mass is 79.9. The zero-order chi connectivity index (χ0) is 14.2. The summed E-state index contributed by atoms with van der Waals surface area (Å²) in [6.07, 6.45) is 0. The maximum Gasteiger partial charge on any atom is 0.195 e. The Hall–Kier alpha value is -1.68. The Morgan fingerprint density at radius 2 is 1.79 bits per heavy atom. The lowest BCUT2D eigenvalue weighted by molar-refractivity contribution is 0.103. The standard InChI is InChI=1S/C15H13BrFNO/c1-8-6-13(16)9(2)5-11(8)15(19)12-7-10(17)3-4-14(12)18/h3-7H,18H2,1-2H3. The molecule has 4 heteroatoms. The highest BCUT2D eigenvalue weighted by Crippen LogP contribution is 2.25. The van der Waals surface area contributed by atoms with Crippen molar-refractivity contribution in [3.05, 3.63) is 62.9 Å². The number of aryl methyl sites for hydroxylation is 2. The van der Waals surface area contributed by atoms with Crippen LogP contribution in [0.2, 0.25) is 0 Å². The van der Waals surface area contributed by atoms with Gasteiger partial charge in [-0.05, 0) is 55.3 Å². The van der Waals surface area contributed by atoms with Crippen molar-refractivity contribution < 1.29 is 9.18 Å².